The third kappa shape index (κ3) is 1.85. The average molecular weight is 155 g/mol. The Bertz CT molecular complexity index is 248. The normalized spacial score (nSPS) is 9.91. The maximum Gasteiger partial charge on any atom is 0.157 e. The Balaban J connectivity index is 2.86. The smallest absolute Gasteiger partial charge is 0.157 e. The Morgan fingerprint density at radius 1 is 1.18 bits per heavy atom. The summed E-state index contributed by atoms with van der Waals surface area (Å²) in [5, 5.41) is 18.0. The van der Waals surface area contributed by atoms with Crippen LogP contribution in [0.3, 0.4) is 0 Å². The molecule has 0 bridgehead atoms. The number of phenolic OH excluding ortho intramolecular Hbond substituents is 2. The van der Waals surface area contributed by atoms with Crippen molar-refractivity contribution in [3.05, 3.63) is 23.8 Å². The van der Waals surface area contributed by atoms with E-state index in [1.54, 1.807) is 6.07 Å². The van der Waals surface area contributed by atoms with E-state index in [1.165, 1.54) is 12.1 Å². The van der Waals surface area contributed by atoms with E-state index in [-0.39, 0.29) is 11.5 Å². The van der Waals surface area contributed by atoms with Crippen LogP contribution in [-0.4, -0.2) is 16.8 Å². The van der Waals surface area contributed by atoms with Crippen LogP contribution in [0, 0.1) is 0 Å². The molecule has 0 radical (unpaired) electrons. The minimum absolute atomic E-state index is 0.0871. The molecule has 0 saturated heterocycles. The van der Waals surface area contributed by atoms with Crippen LogP contribution in [0.2, 0.25) is 0 Å². The van der Waals surface area contributed by atoms with Crippen LogP contribution in [0.4, 0.5) is 0 Å². The number of hydrogen-bond donors (Lipinski definition) is 3. The van der Waals surface area contributed by atoms with E-state index in [0.29, 0.717) is 13.0 Å². The second-order valence-corrected chi connectivity index (χ2v) is 2.36. The van der Waals surface area contributed by atoms with Crippen molar-refractivity contribution in [1.82, 2.24) is 0 Å². The summed E-state index contributed by atoms with van der Waals surface area (Å²) in [5.41, 5.74) is 6.24. The highest BCUT2D eigenvalue weighted by molar-refractivity contribution is 5.40. The van der Waals surface area contributed by atoms with E-state index in [4.69, 9.17) is 15.9 Å². The summed E-state index contributed by atoms with van der Waals surface area (Å²) in [6.07, 6.45) is 0.716. The van der Waals surface area contributed by atoms with Gasteiger partial charge in [0.05, 0.1) is 0 Å². The Labute approximate surface area is 65.1 Å². The van der Waals surface area contributed by atoms with Crippen LogP contribution < -0.4 is 5.73 Å². The fourth-order valence-corrected chi connectivity index (χ4v) is 0.891. The lowest BCUT2D eigenvalue weighted by molar-refractivity contribution is 0.403. The summed E-state index contributed by atoms with van der Waals surface area (Å²) in [5.74, 6) is -0.179. The quantitative estimate of drug-likeness (QED) is 0.548. The zero-order chi connectivity index (χ0) is 8.27. The molecule has 0 atom stereocenters. The molecule has 0 fully saturated rings. The van der Waals surface area contributed by atoms with Crippen molar-refractivity contribution in [2.24, 2.45) is 5.73 Å². The standard InChI is InChI=1S/C8H11NO2/c9-4-3-6-1-2-7(10)8(11)5-6/h1-2,5,10-11H,3-4,9H2/i6+1,8+1. The molecule has 1 rings (SSSR count). The zero-order valence-electron chi connectivity index (χ0n) is 6.12. The molecule has 3 nitrogen and oxygen atoms in total. The van der Waals surface area contributed by atoms with Crippen molar-refractivity contribution >= 4 is 0 Å². The van der Waals surface area contributed by atoms with E-state index in [1.807, 2.05) is 0 Å². The molecular formula is C8H11NO2. The molecule has 0 spiro atoms. The molecule has 1 aromatic rings. The monoisotopic (exact) mass is 155 g/mol. The lowest BCUT2D eigenvalue weighted by Crippen LogP contribution is -2.02. The third-order valence-electron chi connectivity index (χ3n) is 1.47. The summed E-state index contributed by atoms with van der Waals surface area (Å²) >= 11 is 0. The molecule has 0 saturated carbocycles. The Morgan fingerprint density at radius 2 is 1.91 bits per heavy atom. The van der Waals surface area contributed by atoms with Gasteiger partial charge in [-0.25, -0.2) is 0 Å². The van der Waals surface area contributed by atoms with Gasteiger partial charge in [0.25, 0.3) is 0 Å². The van der Waals surface area contributed by atoms with Crippen molar-refractivity contribution in [2.45, 2.75) is 6.42 Å². The molecule has 0 aliphatic heterocycles. The van der Waals surface area contributed by atoms with Gasteiger partial charge in [-0.15, -0.1) is 0 Å². The molecule has 0 aromatic heterocycles. The van der Waals surface area contributed by atoms with E-state index >= 15 is 0 Å². The van der Waals surface area contributed by atoms with Crippen molar-refractivity contribution in [1.29, 1.82) is 0 Å². The third-order valence-corrected chi connectivity index (χ3v) is 1.47. The van der Waals surface area contributed by atoms with Crippen molar-refractivity contribution in [2.75, 3.05) is 6.54 Å². The molecule has 3 heteroatoms. The highest BCUT2D eigenvalue weighted by Gasteiger charge is 1.98. The molecule has 4 N–H and O–H groups in total. The van der Waals surface area contributed by atoms with E-state index < -0.39 is 0 Å². The van der Waals surface area contributed by atoms with Crippen molar-refractivity contribution in [3.8, 4) is 11.5 Å². The zero-order valence-corrected chi connectivity index (χ0v) is 6.12. The van der Waals surface area contributed by atoms with Gasteiger partial charge in [0.15, 0.2) is 11.5 Å². The predicted molar refractivity (Wildman–Crippen MR) is 42.5 cm³/mol. The van der Waals surface area contributed by atoms with Gasteiger partial charge in [0.1, 0.15) is 0 Å². The van der Waals surface area contributed by atoms with Gasteiger partial charge in [0.2, 0.25) is 0 Å². The van der Waals surface area contributed by atoms with Gasteiger partial charge in [0, 0.05) is 0 Å². The van der Waals surface area contributed by atoms with Crippen molar-refractivity contribution < 1.29 is 10.2 Å². The summed E-state index contributed by atoms with van der Waals surface area (Å²) < 4.78 is 0. The summed E-state index contributed by atoms with van der Waals surface area (Å²) in [4.78, 5) is 0. The van der Waals surface area contributed by atoms with E-state index in [2.05, 4.69) is 0 Å². The van der Waals surface area contributed by atoms with Gasteiger partial charge in [-0.3, -0.25) is 0 Å². The molecule has 0 amide bonds. The molecule has 0 heterocycles. The molecule has 1 aromatic carbocycles. The van der Waals surface area contributed by atoms with Crippen LogP contribution in [0.5, 0.6) is 11.5 Å². The maximum atomic E-state index is 9.04. The molecule has 0 aliphatic carbocycles. The summed E-state index contributed by atoms with van der Waals surface area (Å²) in [6, 6.07) is 4.71. The molecule has 0 aliphatic rings. The maximum absolute atomic E-state index is 9.04. The molecule has 11 heavy (non-hydrogen) atoms. The van der Waals surface area contributed by atoms with Gasteiger partial charge in [-0.2, -0.15) is 0 Å². The number of phenols is 2. The number of aromatic hydroxyl groups is 2. The van der Waals surface area contributed by atoms with E-state index in [0.717, 1.165) is 5.56 Å². The first kappa shape index (κ1) is 7.88. The fraction of sp³-hybridized carbons (Fsp3) is 0.250. The minimum Gasteiger partial charge on any atom is -0.504 e. The number of benzene rings is 1. The lowest BCUT2D eigenvalue weighted by Gasteiger charge is -2.00. The second-order valence-electron chi connectivity index (χ2n) is 2.36. The number of rotatable bonds is 2. The topological polar surface area (TPSA) is 66.5 Å². The Morgan fingerprint density at radius 3 is 2.45 bits per heavy atom. The first-order valence-corrected chi connectivity index (χ1v) is 3.45. The Kier molecular flexibility index (Phi) is 2.33. The van der Waals surface area contributed by atoms with Gasteiger partial charge in [-0.1, -0.05) is 6.07 Å². The van der Waals surface area contributed by atoms with Crippen LogP contribution in [0.1, 0.15) is 5.56 Å². The molecule has 0 unspecified atom stereocenters. The van der Waals surface area contributed by atoms with E-state index in [9.17, 15) is 0 Å². The van der Waals surface area contributed by atoms with Crippen molar-refractivity contribution in [3.63, 3.8) is 0 Å². The van der Waals surface area contributed by atoms with Crippen LogP contribution >= 0.6 is 0 Å². The first-order valence-electron chi connectivity index (χ1n) is 3.45. The highest BCUT2D eigenvalue weighted by Crippen LogP contribution is 2.24. The second kappa shape index (κ2) is 3.25. The summed E-state index contributed by atoms with van der Waals surface area (Å²) in [6.45, 7) is 0.546. The van der Waals surface area contributed by atoms with Crippen LogP contribution in [-0.2, 0) is 6.42 Å². The fourth-order valence-electron chi connectivity index (χ4n) is 0.891. The average Bonchev–Trinajstić information content (AvgIpc) is 1.98. The lowest BCUT2D eigenvalue weighted by atomic mass is 10.4. The highest BCUT2D eigenvalue weighted by atomic mass is 16.4. The van der Waals surface area contributed by atoms with Crippen LogP contribution in [0.15, 0.2) is 18.2 Å². The predicted octanol–water partition coefficient (Wildman–Crippen LogP) is 0.599. The van der Waals surface area contributed by atoms with Gasteiger partial charge >= 0.3 is 0 Å². The first-order chi connectivity index (χ1) is 5.24. The Hall–Kier alpha value is -1.22. The summed E-state index contributed by atoms with van der Waals surface area (Å²) in [7, 11) is 0. The largest absolute Gasteiger partial charge is 0.504 e. The number of hydrogen-bond acceptors (Lipinski definition) is 3. The molecule has 60 valence electrons. The minimum atomic E-state index is -0.0919. The van der Waals surface area contributed by atoms with Gasteiger partial charge < -0.3 is 15.9 Å². The SMILES string of the molecule is NCC[13c]1ccc(O)[13c](O)c1. The van der Waals surface area contributed by atoms with Gasteiger partial charge in [-0.05, 0) is 30.7 Å². The number of nitrogens with two attached hydrogens (primary N) is 1. The molecular weight excluding hydrogens is 144 g/mol. The van der Waals surface area contributed by atoms with Crippen LogP contribution in [0.25, 0.3) is 0 Å².